The molecule has 0 unspecified atom stereocenters. The summed E-state index contributed by atoms with van der Waals surface area (Å²) in [5.74, 6) is 4.30. The minimum atomic E-state index is -1.54. The molecular weight excluding hydrogens is 441 g/mol. The number of likely N-dealkylation sites (tertiary alicyclic amines) is 1. The number of hydrogen-bond donors (Lipinski definition) is 0. The standard InChI is InChI=1S/C27H29N5OP/c1-33-24-6-4-5-23(15-24)25-17-30-27(22-9-7-20(16-28)8-10-22)31-26(25)21-11-13-32(14-12-21)19-34(2,3)18-29/h4-10,15,17,21H,11-14,19H2,1-3H3/q+1. The van der Waals surface area contributed by atoms with Crippen LogP contribution in [0.4, 0.5) is 0 Å². The Balaban J connectivity index is 1.68. The fraction of sp³-hybridized carbons (Fsp3) is 0.333. The van der Waals surface area contributed by atoms with Gasteiger partial charge in [-0.25, -0.2) is 9.97 Å². The molecular formula is C27H29N5OP+. The first-order chi connectivity index (χ1) is 16.4. The maximum Gasteiger partial charge on any atom is 0.239 e. The Hall–Kier alpha value is -3.31. The van der Waals surface area contributed by atoms with Crippen molar-refractivity contribution in [2.75, 3.05) is 39.8 Å². The predicted molar refractivity (Wildman–Crippen MR) is 137 cm³/mol. The molecule has 7 heteroatoms. The van der Waals surface area contributed by atoms with Crippen LogP contribution in [-0.4, -0.2) is 54.7 Å². The van der Waals surface area contributed by atoms with Gasteiger partial charge in [-0.3, -0.25) is 4.90 Å². The molecule has 0 saturated carbocycles. The van der Waals surface area contributed by atoms with Gasteiger partial charge in [0.25, 0.3) is 0 Å². The average Bonchev–Trinajstić information content (AvgIpc) is 2.88. The number of aromatic nitrogens is 2. The smallest absolute Gasteiger partial charge is 0.239 e. The summed E-state index contributed by atoms with van der Waals surface area (Å²) in [7, 11) is 0.136. The van der Waals surface area contributed by atoms with Gasteiger partial charge in [-0.15, -0.1) is 0 Å². The highest BCUT2D eigenvalue weighted by Crippen LogP contribution is 2.50. The van der Waals surface area contributed by atoms with Crippen molar-refractivity contribution in [3.8, 4) is 40.1 Å². The molecule has 0 aliphatic carbocycles. The van der Waals surface area contributed by atoms with Gasteiger partial charge in [0.2, 0.25) is 5.81 Å². The second-order valence-electron chi connectivity index (χ2n) is 9.23. The number of nitriles is 2. The topological polar surface area (TPSA) is 85.8 Å². The molecule has 34 heavy (non-hydrogen) atoms. The van der Waals surface area contributed by atoms with Crippen molar-refractivity contribution in [1.82, 2.24) is 14.9 Å². The molecule has 6 nitrogen and oxygen atoms in total. The van der Waals surface area contributed by atoms with Gasteiger partial charge in [0.05, 0.1) is 37.8 Å². The molecule has 0 bridgehead atoms. The molecule has 1 aromatic heterocycles. The molecule has 1 aliphatic heterocycles. The molecule has 2 aromatic carbocycles. The highest BCUT2D eigenvalue weighted by molar-refractivity contribution is 7.78. The average molecular weight is 471 g/mol. The predicted octanol–water partition coefficient (Wildman–Crippen LogP) is 5.59. The van der Waals surface area contributed by atoms with Gasteiger partial charge in [0.15, 0.2) is 5.82 Å². The summed E-state index contributed by atoms with van der Waals surface area (Å²) >= 11 is 0. The zero-order valence-corrected chi connectivity index (χ0v) is 20.8. The lowest BCUT2D eigenvalue weighted by atomic mass is 9.89. The molecule has 3 aromatic rings. The van der Waals surface area contributed by atoms with E-state index >= 15 is 0 Å². The first-order valence-electron chi connectivity index (χ1n) is 11.4. The van der Waals surface area contributed by atoms with Crippen LogP contribution in [0.1, 0.15) is 30.0 Å². The zero-order chi connectivity index (χ0) is 24.1. The van der Waals surface area contributed by atoms with Gasteiger partial charge in [-0.2, -0.15) is 10.5 Å². The number of methoxy groups -OCH3 is 1. The molecule has 0 N–H and O–H groups in total. The van der Waals surface area contributed by atoms with E-state index in [2.05, 4.69) is 41.2 Å². The van der Waals surface area contributed by atoms with Crippen molar-refractivity contribution in [1.29, 1.82) is 10.5 Å². The van der Waals surface area contributed by atoms with E-state index in [-0.39, 0.29) is 0 Å². The summed E-state index contributed by atoms with van der Waals surface area (Å²) in [6.45, 7) is 6.13. The highest BCUT2D eigenvalue weighted by Gasteiger charge is 2.32. The minimum Gasteiger partial charge on any atom is -0.497 e. The Labute approximate surface area is 202 Å². The Morgan fingerprint density at radius 3 is 2.44 bits per heavy atom. The van der Waals surface area contributed by atoms with Gasteiger partial charge in [0, 0.05) is 36.3 Å². The third-order valence-electron chi connectivity index (χ3n) is 6.27. The fourth-order valence-corrected chi connectivity index (χ4v) is 5.78. The summed E-state index contributed by atoms with van der Waals surface area (Å²) < 4.78 is 5.45. The van der Waals surface area contributed by atoms with Crippen LogP contribution in [0.2, 0.25) is 0 Å². The lowest BCUT2D eigenvalue weighted by Gasteiger charge is -2.32. The first kappa shape index (κ1) is 23.8. The van der Waals surface area contributed by atoms with Gasteiger partial charge in [-0.05, 0) is 54.8 Å². The number of ether oxygens (including phenoxy) is 1. The van der Waals surface area contributed by atoms with E-state index in [4.69, 9.17) is 15.0 Å². The van der Waals surface area contributed by atoms with Crippen LogP contribution in [-0.2, 0) is 0 Å². The minimum absolute atomic E-state index is 0.307. The molecule has 2 heterocycles. The summed E-state index contributed by atoms with van der Waals surface area (Å²) in [6, 6.07) is 17.6. The highest BCUT2D eigenvalue weighted by atomic mass is 31.2. The molecule has 1 saturated heterocycles. The number of benzene rings is 2. The molecule has 0 atom stereocenters. The SMILES string of the molecule is COc1cccc(-c2cnc(-c3ccc(C#N)cc3)nc2C2CCN(C[P+](C)(C)C#N)CC2)c1. The largest absolute Gasteiger partial charge is 0.497 e. The number of rotatable bonds is 6. The van der Waals surface area contributed by atoms with Crippen LogP contribution in [0.3, 0.4) is 0 Å². The second kappa shape index (κ2) is 10.3. The van der Waals surface area contributed by atoms with Crippen LogP contribution in [0.25, 0.3) is 22.5 Å². The lowest BCUT2D eigenvalue weighted by Crippen LogP contribution is -2.34. The van der Waals surface area contributed by atoms with E-state index < -0.39 is 7.26 Å². The molecule has 0 spiro atoms. The number of piperidine rings is 1. The monoisotopic (exact) mass is 470 g/mol. The van der Waals surface area contributed by atoms with Crippen LogP contribution >= 0.6 is 7.26 Å². The van der Waals surface area contributed by atoms with Gasteiger partial charge in [0.1, 0.15) is 19.3 Å². The van der Waals surface area contributed by atoms with E-state index in [1.807, 2.05) is 36.5 Å². The van der Waals surface area contributed by atoms with Crippen molar-refractivity contribution in [3.05, 3.63) is 66.0 Å². The quantitative estimate of drug-likeness (QED) is 0.437. The Kier molecular flexibility index (Phi) is 7.23. The zero-order valence-electron chi connectivity index (χ0n) is 19.9. The van der Waals surface area contributed by atoms with Gasteiger partial charge in [-0.1, -0.05) is 12.1 Å². The Bertz CT molecular complexity index is 1240. The summed E-state index contributed by atoms with van der Waals surface area (Å²) in [6.07, 6.45) is 4.79. The Morgan fingerprint density at radius 1 is 1.06 bits per heavy atom. The lowest BCUT2D eigenvalue weighted by molar-refractivity contribution is 0.242. The summed E-state index contributed by atoms with van der Waals surface area (Å²) in [4.78, 5) is 12.2. The molecule has 172 valence electrons. The third-order valence-corrected chi connectivity index (χ3v) is 7.92. The molecule has 1 fully saturated rings. The maximum atomic E-state index is 9.46. The van der Waals surface area contributed by atoms with E-state index in [0.717, 1.165) is 60.4 Å². The van der Waals surface area contributed by atoms with Crippen molar-refractivity contribution in [2.45, 2.75) is 18.8 Å². The van der Waals surface area contributed by atoms with E-state index in [1.165, 1.54) is 0 Å². The van der Waals surface area contributed by atoms with E-state index in [9.17, 15) is 5.26 Å². The van der Waals surface area contributed by atoms with Crippen LogP contribution in [0.5, 0.6) is 5.75 Å². The first-order valence-corrected chi connectivity index (χ1v) is 14.3. The summed E-state index contributed by atoms with van der Waals surface area (Å²) in [5, 5.41) is 18.6. The third kappa shape index (κ3) is 5.42. The van der Waals surface area contributed by atoms with E-state index in [1.54, 1.807) is 19.2 Å². The van der Waals surface area contributed by atoms with Crippen LogP contribution < -0.4 is 4.74 Å². The van der Waals surface area contributed by atoms with Gasteiger partial charge >= 0.3 is 0 Å². The molecule has 0 amide bonds. The van der Waals surface area contributed by atoms with E-state index in [0.29, 0.717) is 17.3 Å². The summed E-state index contributed by atoms with van der Waals surface area (Å²) in [5.41, 5.74) is 4.64. The number of hydrogen-bond acceptors (Lipinski definition) is 6. The second-order valence-corrected chi connectivity index (χ2v) is 13.1. The molecule has 0 radical (unpaired) electrons. The van der Waals surface area contributed by atoms with Crippen molar-refractivity contribution in [2.24, 2.45) is 0 Å². The van der Waals surface area contributed by atoms with Crippen molar-refractivity contribution >= 4 is 7.26 Å². The molecule has 1 aliphatic rings. The van der Waals surface area contributed by atoms with Crippen LogP contribution in [0.15, 0.2) is 54.7 Å². The van der Waals surface area contributed by atoms with Gasteiger partial charge < -0.3 is 4.74 Å². The normalized spacial score (nSPS) is 14.9. The molecule has 4 rings (SSSR count). The van der Waals surface area contributed by atoms with Crippen molar-refractivity contribution in [3.63, 3.8) is 0 Å². The fourth-order valence-electron chi connectivity index (χ4n) is 4.43. The Morgan fingerprint density at radius 2 is 1.79 bits per heavy atom. The van der Waals surface area contributed by atoms with Crippen LogP contribution in [0, 0.1) is 22.4 Å². The van der Waals surface area contributed by atoms with Crippen molar-refractivity contribution < 1.29 is 4.74 Å². The number of nitrogens with zero attached hydrogens (tertiary/aromatic N) is 5. The maximum absolute atomic E-state index is 9.46.